The number of carboxylic acid groups (broad SMARTS) is 1. The van der Waals surface area contributed by atoms with E-state index >= 15 is 0 Å². The zero-order valence-corrected chi connectivity index (χ0v) is 10.3. The number of likely N-dealkylation sites (tertiary alicyclic amines) is 1. The maximum absolute atomic E-state index is 11.8. The highest BCUT2D eigenvalue weighted by molar-refractivity contribution is 5.78. The number of aliphatic carboxylic acids is 1. The van der Waals surface area contributed by atoms with Gasteiger partial charge in [-0.05, 0) is 12.8 Å². The Labute approximate surface area is 108 Å². The fraction of sp³-hybridized carbons (Fsp3) is 0.818. The second-order valence-corrected chi connectivity index (χ2v) is 4.40. The van der Waals surface area contributed by atoms with Gasteiger partial charge in [-0.15, -0.1) is 0 Å². The number of ether oxygens (including phenoxy) is 1. The Morgan fingerprint density at radius 3 is 2.63 bits per heavy atom. The number of amides is 1. The van der Waals surface area contributed by atoms with Crippen LogP contribution < -0.4 is 0 Å². The van der Waals surface area contributed by atoms with Gasteiger partial charge in [0.1, 0.15) is 6.61 Å². The zero-order valence-electron chi connectivity index (χ0n) is 10.3. The third kappa shape index (κ3) is 5.91. The molecule has 1 aliphatic rings. The molecule has 1 heterocycles. The summed E-state index contributed by atoms with van der Waals surface area (Å²) < 4.78 is 39.8. The van der Waals surface area contributed by atoms with E-state index in [2.05, 4.69) is 4.74 Å². The lowest BCUT2D eigenvalue weighted by molar-refractivity contribution is -0.175. The molecule has 110 valence electrons. The minimum absolute atomic E-state index is 0.130. The number of nitrogens with zero attached hydrogens (tertiary/aromatic N) is 1. The average molecular weight is 283 g/mol. The van der Waals surface area contributed by atoms with Gasteiger partial charge in [0.15, 0.2) is 0 Å². The number of hydrogen-bond donors (Lipinski definition) is 1. The summed E-state index contributed by atoms with van der Waals surface area (Å²) in [6.45, 7) is -1.23. The van der Waals surface area contributed by atoms with Gasteiger partial charge in [-0.2, -0.15) is 13.2 Å². The van der Waals surface area contributed by atoms with Crippen LogP contribution in [0.25, 0.3) is 0 Å². The molecule has 0 spiro atoms. The van der Waals surface area contributed by atoms with Gasteiger partial charge < -0.3 is 14.7 Å². The van der Waals surface area contributed by atoms with E-state index < -0.39 is 18.8 Å². The average Bonchev–Trinajstić information content (AvgIpc) is 2.70. The maximum atomic E-state index is 11.8. The molecule has 0 radical (unpaired) electrons. The molecular formula is C11H16F3NO4. The number of halogens is 3. The predicted octanol–water partition coefficient (Wildman–Crippen LogP) is 1.42. The Hall–Kier alpha value is -1.31. The monoisotopic (exact) mass is 283 g/mol. The minimum Gasteiger partial charge on any atom is -0.481 e. The maximum Gasteiger partial charge on any atom is 0.411 e. The van der Waals surface area contributed by atoms with E-state index in [1.54, 1.807) is 0 Å². The van der Waals surface area contributed by atoms with Crippen molar-refractivity contribution in [1.82, 2.24) is 4.90 Å². The van der Waals surface area contributed by atoms with Gasteiger partial charge in [-0.1, -0.05) is 0 Å². The highest BCUT2D eigenvalue weighted by Crippen LogP contribution is 2.21. The lowest BCUT2D eigenvalue weighted by atomic mass is 10.1. The van der Waals surface area contributed by atoms with E-state index in [1.807, 2.05) is 0 Å². The number of rotatable bonds is 6. The molecule has 19 heavy (non-hydrogen) atoms. The Kier molecular flexibility index (Phi) is 5.59. The molecule has 1 unspecified atom stereocenters. The third-order valence-electron chi connectivity index (χ3n) is 2.83. The van der Waals surface area contributed by atoms with Crippen molar-refractivity contribution in [2.24, 2.45) is 0 Å². The van der Waals surface area contributed by atoms with Crippen molar-refractivity contribution in [3.8, 4) is 0 Å². The first-order valence-corrected chi connectivity index (χ1v) is 5.95. The van der Waals surface area contributed by atoms with E-state index in [0.717, 1.165) is 0 Å². The van der Waals surface area contributed by atoms with Crippen molar-refractivity contribution in [2.45, 2.75) is 37.9 Å². The smallest absolute Gasteiger partial charge is 0.411 e. The van der Waals surface area contributed by atoms with Gasteiger partial charge in [0.2, 0.25) is 5.91 Å². The van der Waals surface area contributed by atoms with E-state index in [9.17, 15) is 22.8 Å². The molecule has 1 aliphatic heterocycles. The quantitative estimate of drug-likeness (QED) is 0.749. The lowest BCUT2D eigenvalue weighted by Crippen LogP contribution is -2.37. The summed E-state index contributed by atoms with van der Waals surface area (Å²) in [5.41, 5.74) is 0. The van der Waals surface area contributed by atoms with Crippen molar-refractivity contribution >= 4 is 11.9 Å². The molecule has 8 heteroatoms. The first-order valence-electron chi connectivity index (χ1n) is 5.95. The van der Waals surface area contributed by atoms with E-state index in [4.69, 9.17) is 5.11 Å². The van der Waals surface area contributed by atoms with Crippen LogP contribution in [0.4, 0.5) is 13.2 Å². The number of carbonyl (C=O) groups excluding carboxylic acids is 1. The van der Waals surface area contributed by atoms with Crippen LogP contribution in [0.5, 0.6) is 0 Å². The Morgan fingerprint density at radius 1 is 1.37 bits per heavy atom. The Balaban J connectivity index is 2.30. The summed E-state index contributed by atoms with van der Waals surface area (Å²) in [7, 11) is 0. The Bertz CT molecular complexity index is 332. The van der Waals surface area contributed by atoms with Crippen molar-refractivity contribution in [2.75, 3.05) is 19.8 Å². The lowest BCUT2D eigenvalue weighted by Gasteiger charge is -2.23. The van der Waals surface area contributed by atoms with Crippen LogP contribution >= 0.6 is 0 Å². The second-order valence-electron chi connectivity index (χ2n) is 4.40. The van der Waals surface area contributed by atoms with Gasteiger partial charge in [-0.25, -0.2) is 0 Å². The molecule has 5 nitrogen and oxygen atoms in total. The van der Waals surface area contributed by atoms with E-state index in [0.29, 0.717) is 19.4 Å². The highest BCUT2D eigenvalue weighted by Gasteiger charge is 2.31. The van der Waals surface area contributed by atoms with Crippen molar-refractivity contribution in [3.05, 3.63) is 0 Å². The normalized spacial score (nSPS) is 19.7. The van der Waals surface area contributed by atoms with Gasteiger partial charge >= 0.3 is 12.1 Å². The van der Waals surface area contributed by atoms with Crippen molar-refractivity contribution in [1.29, 1.82) is 0 Å². The minimum atomic E-state index is -4.40. The molecule has 1 atom stereocenters. The number of carbonyl (C=O) groups is 2. The van der Waals surface area contributed by atoms with Crippen molar-refractivity contribution in [3.63, 3.8) is 0 Å². The van der Waals surface area contributed by atoms with Crippen LogP contribution in [-0.4, -0.2) is 53.9 Å². The van der Waals surface area contributed by atoms with E-state index in [-0.39, 0.29) is 31.4 Å². The van der Waals surface area contributed by atoms with Crippen LogP contribution in [0.1, 0.15) is 25.7 Å². The molecule has 0 aromatic carbocycles. The summed E-state index contributed by atoms with van der Waals surface area (Å²) in [5, 5.41) is 8.69. The predicted molar refractivity (Wildman–Crippen MR) is 58.5 cm³/mol. The number of carboxylic acids is 1. The van der Waals surface area contributed by atoms with Gasteiger partial charge in [0.25, 0.3) is 0 Å². The molecule has 1 N–H and O–H groups in total. The van der Waals surface area contributed by atoms with Crippen LogP contribution in [0, 0.1) is 0 Å². The van der Waals surface area contributed by atoms with E-state index in [1.165, 1.54) is 4.90 Å². The fourth-order valence-corrected chi connectivity index (χ4v) is 2.07. The first kappa shape index (κ1) is 15.7. The number of hydrogen-bond acceptors (Lipinski definition) is 3. The molecule has 0 saturated carbocycles. The molecule has 0 bridgehead atoms. The summed E-state index contributed by atoms with van der Waals surface area (Å²) in [6.07, 6.45) is -3.36. The van der Waals surface area contributed by atoms with Gasteiger partial charge in [-0.3, -0.25) is 9.59 Å². The topological polar surface area (TPSA) is 66.8 Å². The van der Waals surface area contributed by atoms with Crippen LogP contribution in [0.15, 0.2) is 0 Å². The summed E-state index contributed by atoms with van der Waals surface area (Å²) in [4.78, 5) is 23.8. The molecule has 0 aromatic rings. The largest absolute Gasteiger partial charge is 0.481 e. The molecule has 0 aromatic heterocycles. The molecule has 1 rings (SSSR count). The molecule has 0 aliphatic carbocycles. The molecule has 1 saturated heterocycles. The first-order chi connectivity index (χ1) is 8.79. The van der Waals surface area contributed by atoms with Gasteiger partial charge in [0.05, 0.1) is 19.4 Å². The van der Waals surface area contributed by atoms with Crippen LogP contribution in [-0.2, 0) is 14.3 Å². The fourth-order valence-electron chi connectivity index (χ4n) is 2.07. The Morgan fingerprint density at radius 2 is 2.05 bits per heavy atom. The van der Waals surface area contributed by atoms with Crippen molar-refractivity contribution < 1.29 is 32.6 Å². The SMILES string of the molecule is O=C(O)CC1CCCN1C(=O)CCOCC(F)(F)F. The number of alkyl halides is 3. The summed E-state index contributed by atoms with van der Waals surface area (Å²) >= 11 is 0. The summed E-state index contributed by atoms with van der Waals surface area (Å²) in [6, 6.07) is -0.354. The second kappa shape index (κ2) is 6.74. The molecule has 1 fully saturated rings. The van der Waals surface area contributed by atoms with Crippen LogP contribution in [0.3, 0.4) is 0 Å². The highest BCUT2D eigenvalue weighted by atomic mass is 19.4. The van der Waals surface area contributed by atoms with Crippen LogP contribution in [0.2, 0.25) is 0 Å². The third-order valence-corrected chi connectivity index (χ3v) is 2.83. The standard InChI is InChI=1S/C11H16F3NO4/c12-11(13,14)7-19-5-3-9(16)15-4-1-2-8(15)6-10(17)18/h8H,1-7H2,(H,17,18). The molecule has 1 amide bonds. The zero-order chi connectivity index (χ0) is 14.5. The summed E-state index contributed by atoms with van der Waals surface area (Å²) in [5.74, 6) is -1.34. The molecular weight excluding hydrogens is 267 g/mol. The van der Waals surface area contributed by atoms with Gasteiger partial charge in [0, 0.05) is 12.6 Å².